The third-order valence-corrected chi connectivity index (χ3v) is 6.32. The smallest absolute Gasteiger partial charge is 0.408 e. The number of alkyl carbamates (subject to hydrolysis) is 2. The van der Waals surface area contributed by atoms with Crippen molar-refractivity contribution in [2.24, 2.45) is 11.8 Å². The molecule has 0 saturated carbocycles. The molecule has 2 amide bonds. The lowest BCUT2D eigenvalue weighted by Crippen LogP contribution is -2.62. The zero-order valence-corrected chi connectivity index (χ0v) is 23.8. The first-order valence-electron chi connectivity index (χ1n) is 13.1. The summed E-state index contributed by atoms with van der Waals surface area (Å²) in [5, 5.41) is 15.4. The van der Waals surface area contributed by atoms with Gasteiger partial charge in [-0.1, -0.05) is 6.92 Å². The lowest BCUT2D eigenvalue weighted by atomic mass is 9.80. The standard InChI is InChI=1S/C26H42N2O11/c1-8-26(16-10-12-36-20(16)31,28-23(34)39-25(5,6)7)21(32)37-18(30)13-17(29)19(15-9-11-35-14-15)27-22(33)38-24(2,3)4/h15-16,19-20,31H,8-14H2,1-7H3,(H,27,33)(H,28,34). The van der Waals surface area contributed by atoms with E-state index >= 15 is 0 Å². The zero-order chi connectivity index (χ0) is 29.6. The van der Waals surface area contributed by atoms with Crippen LogP contribution in [-0.4, -0.2) is 83.9 Å². The lowest BCUT2D eigenvalue weighted by Gasteiger charge is -2.37. The molecule has 5 atom stereocenters. The summed E-state index contributed by atoms with van der Waals surface area (Å²) >= 11 is 0. The number of amides is 2. The average molecular weight is 559 g/mol. The van der Waals surface area contributed by atoms with E-state index in [1.54, 1.807) is 48.5 Å². The molecule has 0 aromatic heterocycles. The van der Waals surface area contributed by atoms with Crippen LogP contribution in [0.3, 0.4) is 0 Å². The van der Waals surface area contributed by atoms with E-state index in [2.05, 4.69) is 10.6 Å². The molecule has 0 bridgehead atoms. The van der Waals surface area contributed by atoms with Gasteiger partial charge >= 0.3 is 24.1 Å². The summed E-state index contributed by atoms with van der Waals surface area (Å²) in [6.07, 6.45) is -3.44. The number of Topliss-reactive ketones (excluding diaryl/α,β-unsaturated/α-hetero) is 1. The second kappa shape index (κ2) is 13.1. The highest BCUT2D eigenvalue weighted by molar-refractivity contribution is 6.04. The summed E-state index contributed by atoms with van der Waals surface area (Å²) in [5.41, 5.74) is -3.57. The van der Waals surface area contributed by atoms with Crippen molar-refractivity contribution >= 4 is 29.9 Å². The Labute approximate surface area is 228 Å². The van der Waals surface area contributed by atoms with E-state index in [-0.39, 0.29) is 26.1 Å². The first kappa shape index (κ1) is 32.4. The highest BCUT2D eigenvalue weighted by Gasteiger charge is 2.53. The predicted octanol–water partition coefficient (Wildman–Crippen LogP) is 1.97. The van der Waals surface area contributed by atoms with Crippen LogP contribution in [0.2, 0.25) is 0 Å². The normalized spacial score (nSPS) is 23.7. The quantitative estimate of drug-likeness (QED) is 0.214. The molecule has 222 valence electrons. The van der Waals surface area contributed by atoms with Crippen molar-refractivity contribution in [3.63, 3.8) is 0 Å². The van der Waals surface area contributed by atoms with E-state index in [0.29, 0.717) is 13.0 Å². The van der Waals surface area contributed by atoms with Crippen molar-refractivity contribution in [1.82, 2.24) is 10.6 Å². The van der Waals surface area contributed by atoms with Crippen LogP contribution in [0.5, 0.6) is 0 Å². The Balaban J connectivity index is 2.18. The van der Waals surface area contributed by atoms with Gasteiger partial charge in [0.1, 0.15) is 23.2 Å². The number of hydrogen-bond donors (Lipinski definition) is 3. The summed E-state index contributed by atoms with van der Waals surface area (Å²) < 4.78 is 26.1. The van der Waals surface area contributed by atoms with Crippen LogP contribution in [0.15, 0.2) is 0 Å². The fourth-order valence-corrected chi connectivity index (χ4v) is 4.53. The first-order valence-corrected chi connectivity index (χ1v) is 13.1. The molecule has 5 unspecified atom stereocenters. The molecule has 2 saturated heterocycles. The van der Waals surface area contributed by atoms with Crippen molar-refractivity contribution in [3.05, 3.63) is 0 Å². The van der Waals surface area contributed by atoms with E-state index in [4.69, 9.17) is 23.7 Å². The fourth-order valence-electron chi connectivity index (χ4n) is 4.53. The molecule has 0 aromatic rings. The maximum atomic E-state index is 13.4. The first-order chi connectivity index (χ1) is 18.0. The summed E-state index contributed by atoms with van der Waals surface area (Å²) in [7, 11) is 0. The van der Waals surface area contributed by atoms with Crippen molar-refractivity contribution in [1.29, 1.82) is 0 Å². The largest absolute Gasteiger partial charge is 0.444 e. The van der Waals surface area contributed by atoms with Gasteiger partial charge in [0, 0.05) is 18.4 Å². The molecule has 13 heteroatoms. The highest BCUT2D eigenvalue weighted by atomic mass is 16.6. The van der Waals surface area contributed by atoms with Gasteiger partial charge in [-0.05, 0) is 60.8 Å². The van der Waals surface area contributed by atoms with Crippen molar-refractivity contribution < 1.29 is 52.8 Å². The molecular weight excluding hydrogens is 516 g/mol. The highest BCUT2D eigenvalue weighted by Crippen LogP contribution is 2.34. The second-order valence-electron chi connectivity index (χ2n) is 11.8. The van der Waals surface area contributed by atoms with E-state index < -0.39 is 77.2 Å². The van der Waals surface area contributed by atoms with Gasteiger partial charge in [-0.3, -0.25) is 9.59 Å². The minimum absolute atomic E-state index is 0.0698. The molecule has 39 heavy (non-hydrogen) atoms. The van der Waals surface area contributed by atoms with Crippen LogP contribution in [0.25, 0.3) is 0 Å². The third kappa shape index (κ3) is 9.43. The fraction of sp³-hybridized carbons (Fsp3) is 0.808. The van der Waals surface area contributed by atoms with Gasteiger partial charge in [0.25, 0.3) is 0 Å². The van der Waals surface area contributed by atoms with Crippen molar-refractivity contribution in [2.45, 2.75) is 103 Å². The minimum atomic E-state index is -1.87. The maximum absolute atomic E-state index is 13.4. The van der Waals surface area contributed by atoms with Gasteiger partial charge in [-0.25, -0.2) is 14.4 Å². The summed E-state index contributed by atoms with van der Waals surface area (Å²) in [6.45, 7) is 12.2. The molecular formula is C26H42N2O11. The van der Waals surface area contributed by atoms with E-state index in [1.807, 2.05) is 0 Å². The summed E-state index contributed by atoms with van der Waals surface area (Å²) in [5.74, 6) is -4.38. The molecule has 3 N–H and O–H groups in total. The minimum Gasteiger partial charge on any atom is -0.444 e. The maximum Gasteiger partial charge on any atom is 0.408 e. The van der Waals surface area contributed by atoms with Gasteiger partial charge in [0.15, 0.2) is 12.1 Å². The van der Waals surface area contributed by atoms with Crippen LogP contribution in [0, 0.1) is 11.8 Å². The number of esters is 2. The predicted molar refractivity (Wildman–Crippen MR) is 135 cm³/mol. The SMILES string of the molecule is CCC(NC(=O)OC(C)(C)C)(C(=O)OC(=O)CC(=O)C(NC(=O)OC(C)(C)C)C1CCOC1)C1CCOC1O. The second-order valence-corrected chi connectivity index (χ2v) is 11.8. The van der Waals surface area contributed by atoms with Crippen molar-refractivity contribution in [2.75, 3.05) is 19.8 Å². The van der Waals surface area contributed by atoms with E-state index in [9.17, 15) is 29.1 Å². The number of nitrogens with one attached hydrogen (secondary N) is 2. The number of ketones is 1. The molecule has 2 heterocycles. The Kier molecular flexibility index (Phi) is 10.9. The number of hydrogen-bond acceptors (Lipinski definition) is 11. The molecule has 0 aromatic carbocycles. The van der Waals surface area contributed by atoms with Crippen LogP contribution in [-0.2, 0) is 38.1 Å². The lowest BCUT2D eigenvalue weighted by molar-refractivity contribution is -0.172. The molecule has 2 fully saturated rings. The van der Waals surface area contributed by atoms with Gasteiger partial charge in [0.05, 0.1) is 19.3 Å². The zero-order valence-electron chi connectivity index (χ0n) is 23.8. The van der Waals surface area contributed by atoms with Crippen LogP contribution >= 0.6 is 0 Å². The van der Waals surface area contributed by atoms with Crippen LogP contribution < -0.4 is 10.6 Å². The van der Waals surface area contributed by atoms with Crippen LogP contribution in [0.1, 0.15) is 74.1 Å². The average Bonchev–Trinajstić information content (AvgIpc) is 3.45. The van der Waals surface area contributed by atoms with Gasteiger partial charge in [-0.15, -0.1) is 0 Å². The molecule has 0 radical (unpaired) electrons. The van der Waals surface area contributed by atoms with E-state index in [1.165, 1.54) is 0 Å². The molecule has 2 aliphatic heterocycles. The Morgan fingerprint density at radius 2 is 1.56 bits per heavy atom. The number of aliphatic hydroxyl groups excluding tert-OH is 1. The summed E-state index contributed by atoms with van der Waals surface area (Å²) in [4.78, 5) is 64.3. The number of ether oxygens (including phenoxy) is 5. The Hall–Kier alpha value is -2.77. The Morgan fingerprint density at radius 1 is 0.949 bits per heavy atom. The van der Waals surface area contributed by atoms with Gasteiger partial charge in [0.2, 0.25) is 0 Å². The Morgan fingerprint density at radius 3 is 2.05 bits per heavy atom. The number of rotatable bonds is 9. The van der Waals surface area contributed by atoms with Crippen molar-refractivity contribution in [3.8, 4) is 0 Å². The number of carbonyl (C=O) groups is 5. The third-order valence-electron chi connectivity index (χ3n) is 6.32. The molecule has 2 rings (SSSR count). The molecule has 0 spiro atoms. The van der Waals surface area contributed by atoms with E-state index in [0.717, 1.165) is 0 Å². The Bertz CT molecular complexity index is 918. The number of aliphatic hydroxyl groups is 1. The molecule has 0 aliphatic carbocycles. The number of carbonyl (C=O) groups excluding carboxylic acids is 5. The summed E-state index contributed by atoms with van der Waals surface area (Å²) in [6, 6.07) is -1.11. The topological polar surface area (TPSA) is 176 Å². The molecule has 2 aliphatic rings. The van der Waals surface area contributed by atoms with Gasteiger partial charge in [-0.2, -0.15) is 0 Å². The molecule has 13 nitrogen and oxygen atoms in total. The monoisotopic (exact) mass is 558 g/mol. The van der Waals surface area contributed by atoms with Gasteiger partial charge < -0.3 is 39.4 Å². The van der Waals surface area contributed by atoms with Crippen LogP contribution in [0.4, 0.5) is 9.59 Å².